The smallest absolute Gasteiger partial charge is 0.0931 e. The minimum Gasteiger partial charge on any atom is -0.314 e. The summed E-state index contributed by atoms with van der Waals surface area (Å²) in [7, 11) is 0. The second-order valence-corrected chi connectivity index (χ2v) is 6.35. The molecule has 0 amide bonds. The molecule has 0 saturated heterocycles. The number of hydrogen-bond acceptors (Lipinski definition) is 2. The lowest BCUT2D eigenvalue weighted by Crippen LogP contribution is -2.37. The lowest BCUT2D eigenvalue weighted by atomic mass is 9.92. The van der Waals surface area contributed by atoms with Gasteiger partial charge in [-0.2, -0.15) is 0 Å². The summed E-state index contributed by atoms with van der Waals surface area (Å²) in [4.78, 5) is 1.41. The Morgan fingerprint density at radius 1 is 1.53 bits per heavy atom. The van der Waals surface area contributed by atoms with Gasteiger partial charge in [0.05, 0.1) is 4.34 Å². The molecule has 84 valence electrons. The van der Waals surface area contributed by atoms with E-state index >= 15 is 0 Å². The first-order valence-corrected chi connectivity index (χ1v) is 6.91. The maximum absolute atomic E-state index is 5.91. The quantitative estimate of drug-likeness (QED) is 0.831. The maximum Gasteiger partial charge on any atom is 0.0931 e. The number of hydrogen-bond donors (Lipinski definition) is 1. The van der Waals surface area contributed by atoms with E-state index in [1.54, 1.807) is 11.3 Å². The van der Waals surface area contributed by atoms with Gasteiger partial charge in [-0.05, 0) is 43.9 Å². The van der Waals surface area contributed by atoms with E-state index in [9.17, 15) is 0 Å². The molecule has 1 heterocycles. The van der Waals surface area contributed by atoms with E-state index in [0.29, 0.717) is 5.92 Å². The van der Waals surface area contributed by atoms with Crippen LogP contribution >= 0.6 is 22.9 Å². The van der Waals surface area contributed by atoms with Gasteiger partial charge in [0, 0.05) is 10.9 Å². The van der Waals surface area contributed by atoms with Gasteiger partial charge in [-0.3, -0.25) is 0 Å². The van der Waals surface area contributed by atoms with Crippen LogP contribution < -0.4 is 5.32 Å². The zero-order valence-corrected chi connectivity index (χ0v) is 10.7. The van der Waals surface area contributed by atoms with Gasteiger partial charge in [-0.1, -0.05) is 24.9 Å². The molecule has 1 atom stereocenters. The Morgan fingerprint density at radius 2 is 2.33 bits per heavy atom. The SMILES string of the molecule is CC(CNC1CCC1)Cc1ccc(Cl)s1. The molecule has 2 rings (SSSR count). The number of thiophene rings is 1. The van der Waals surface area contributed by atoms with Crippen LogP contribution in [0, 0.1) is 5.92 Å². The highest BCUT2D eigenvalue weighted by atomic mass is 35.5. The summed E-state index contributed by atoms with van der Waals surface area (Å²) in [6.07, 6.45) is 5.30. The Kier molecular flexibility index (Phi) is 4.06. The molecule has 0 spiro atoms. The molecule has 1 nitrogen and oxygen atoms in total. The Hall–Kier alpha value is -0.0500. The first-order chi connectivity index (χ1) is 7.24. The van der Waals surface area contributed by atoms with Gasteiger partial charge in [-0.15, -0.1) is 11.3 Å². The topological polar surface area (TPSA) is 12.0 Å². The van der Waals surface area contributed by atoms with Gasteiger partial charge >= 0.3 is 0 Å². The summed E-state index contributed by atoms with van der Waals surface area (Å²) in [5.74, 6) is 0.709. The van der Waals surface area contributed by atoms with Crippen molar-refractivity contribution in [2.75, 3.05) is 6.54 Å². The van der Waals surface area contributed by atoms with Crippen LogP contribution in [0.1, 0.15) is 31.1 Å². The van der Waals surface area contributed by atoms with Crippen LogP contribution in [-0.2, 0) is 6.42 Å². The van der Waals surface area contributed by atoms with Crippen LogP contribution in [0.15, 0.2) is 12.1 Å². The van der Waals surface area contributed by atoms with Gasteiger partial charge in [0.1, 0.15) is 0 Å². The normalized spacial score (nSPS) is 18.8. The molecule has 0 aromatic carbocycles. The average molecular weight is 244 g/mol. The third-order valence-electron chi connectivity index (χ3n) is 3.04. The second kappa shape index (κ2) is 5.33. The molecule has 0 bridgehead atoms. The van der Waals surface area contributed by atoms with Crippen LogP contribution in [0.5, 0.6) is 0 Å². The molecule has 1 N–H and O–H groups in total. The van der Waals surface area contributed by atoms with E-state index in [4.69, 9.17) is 11.6 Å². The van der Waals surface area contributed by atoms with E-state index in [2.05, 4.69) is 18.3 Å². The van der Waals surface area contributed by atoms with Crippen molar-refractivity contribution < 1.29 is 0 Å². The molecule has 1 saturated carbocycles. The lowest BCUT2D eigenvalue weighted by molar-refractivity contribution is 0.321. The monoisotopic (exact) mass is 243 g/mol. The van der Waals surface area contributed by atoms with Crippen LogP contribution in [-0.4, -0.2) is 12.6 Å². The van der Waals surface area contributed by atoms with E-state index in [0.717, 1.165) is 23.3 Å². The number of halogens is 1. The van der Waals surface area contributed by atoms with E-state index in [1.807, 2.05) is 6.07 Å². The van der Waals surface area contributed by atoms with Crippen LogP contribution in [0.2, 0.25) is 4.34 Å². The van der Waals surface area contributed by atoms with E-state index < -0.39 is 0 Å². The van der Waals surface area contributed by atoms with Gasteiger partial charge < -0.3 is 5.32 Å². The molecule has 0 radical (unpaired) electrons. The van der Waals surface area contributed by atoms with Gasteiger partial charge in [0.2, 0.25) is 0 Å². The highest BCUT2D eigenvalue weighted by molar-refractivity contribution is 7.16. The predicted molar refractivity (Wildman–Crippen MR) is 67.8 cm³/mol. The van der Waals surface area contributed by atoms with E-state index in [1.165, 1.54) is 24.1 Å². The molecule has 15 heavy (non-hydrogen) atoms. The molecule has 3 heteroatoms. The Labute approximate surface area is 101 Å². The largest absolute Gasteiger partial charge is 0.314 e. The fourth-order valence-corrected chi connectivity index (χ4v) is 3.11. The molecule has 1 aromatic rings. The fourth-order valence-electron chi connectivity index (χ4n) is 1.86. The first-order valence-electron chi connectivity index (χ1n) is 5.71. The molecular formula is C12H18ClNS. The molecule has 1 fully saturated rings. The third-order valence-corrected chi connectivity index (χ3v) is 4.29. The minimum atomic E-state index is 0.709. The van der Waals surface area contributed by atoms with Crippen molar-refractivity contribution >= 4 is 22.9 Å². The van der Waals surface area contributed by atoms with Crippen molar-refractivity contribution in [2.24, 2.45) is 5.92 Å². The minimum absolute atomic E-state index is 0.709. The maximum atomic E-state index is 5.91. The van der Waals surface area contributed by atoms with Crippen LogP contribution in [0.25, 0.3) is 0 Å². The van der Waals surface area contributed by atoms with Crippen molar-refractivity contribution in [1.29, 1.82) is 0 Å². The summed E-state index contributed by atoms with van der Waals surface area (Å²) in [6, 6.07) is 4.94. The molecule has 1 aliphatic rings. The Bertz CT molecular complexity index is 306. The van der Waals surface area contributed by atoms with E-state index in [-0.39, 0.29) is 0 Å². The highest BCUT2D eigenvalue weighted by Gasteiger charge is 2.17. The molecule has 1 aromatic heterocycles. The Morgan fingerprint density at radius 3 is 2.87 bits per heavy atom. The molecule has 1 aliphatic carbocycles. The summed E-state index contributed by atoms with van der Waals surface area (Å²) in [5, 5.41) is 3.62. The number of rotatable bonds is 5. The van der Waals surface area contributed by atoms with Gasteiger partial charge in [-0.25, -0.2) is 0 Å². The zero-order chi connectivity index (χ0) is 10.7. The predicted octanol–water partition coefficient (Wildman–Crippen LogP) is 3.72. The summed E-state index contributed by atoms with van der Waals surface area (Å²) >= 11 is 7.61. The van der Waals surface area contributed by atoms with Crippen molar-refractivity contribution in [3.8, 4) is 0 Å². The second-order valence-electron chi connectivity index (χ2n) is 4.55. The van der Waals surface area contributed by atoms with Crippen molar-refractivity contribution in [2.45, 2.75) is 38.6 Å². The van der Waals surface area contributed by atoms with Crippen molar-refractivity contribution in [1.82, 2.24) is 5.32 Å². The molecular weight excluding hydrogens is 226 g/mol. The van der Waals surface area contributed by atoms with Gasteiger partial charge in [0.15, 0.2) is 0 Å². The molecule has 0 aliphatic heterocycles. The van der Waals surface area contributed by atoms with Crippen LogP contribution in [0.3, 0.4) is 0 Å². The highest BCUT2D eigenvalue weighted by Crippen LogP contribution is 2.24. The zero-order valence-electron chi connectivity index (χ0n) is 9.13. The van der Waals surface area contributed by atoms with Crippen molar-refractivity contribution in [3.05, 3.63) is 21.3 Å². The third kappa shape index (κ3) is 3.47. The Balaban J connectivity index is 1.69. The lowest BCUT2D eigenvalue weighted by Gasteiger charge is -2.28. The summed E-state index contributed by atoms with van der Waals surface area (Å²) in [5.41, 5.74) is 0. The van der Waals surface area contributed by atoms with Crippen molar-refractivity contribution in [3.63, 3.8) is 0 Å². The summed E-state index contributed by atoms with van der Waals surface area (Å²) < 4.78 is 0.907. The fraction of sp³-hybridized carbons (Fsp3) is 0.667. The molecule has 1 unspecified atom stereocenters. The first kappa shape index (κ1) is 11.4. The summed E-state index contributed by atoms with van der Waals surface area (Å²) in [6.45, 7) is 3.44. The average Bonchev–Trinajstić information content (AvgIpc) is 2.48. The van der Waals surface area contributed by atoms with Crippen LogP contribution in [0.4, 0.5) is 0 Å². The standard InChI is InChI=1S/C12H18ClNS/c1-9(8-14-10-3-2-4-10)7-11-5-6-12(13)15-11/h5-6,9-10,14H,2-4,7-8H2,1H3. The van der Waals surface area contributed by atoms with Gasteiger partial charge in [0.25, 0.3) is 0 Å². The number of nitrogens with one attached hydrogen (secondary N) is 1.